The second-order valence-electron chi connectivity index (χ2n) is 5.02. The summed E-state index contributed by atoms with van der Waals surface area (Å²) in [4.78, 5) is 12.4. The molecule has 3 rings (SSSR count). The molecule has 100 valence electrons. The Morgan fingerprint density at radius 1 is 1.30 bits per heavy atom. The maximum atomic E-state index is 7.24. The molecule has 0 saturated heterocycles. The Morgan fingerprint density at radius 2 is 2.10 bits per heavy atom. The minimum Gasteiger partial charge on any atom is -0.339 e. The van der Waals surface area contributed by atoms with Crippen molar-refractivity contribution >= 4 is 27.4 Å². The molecule has 1 saturated carbocycles. The summed E-state index contributed by atoms with van der Waals surface area (Å²) in [5.74, 6) is 0.784. The van der Waals surface area contributed by atoms with Crippen LogP contribution in [-0.2, 0) is 5.54 Å². The zero-order valence-corrected chi connectivity index (χ0v) is 12.6. The fourth-order valence-electron chi connectivity index (χ4n) is 2.04. The van der Waals surface area contributed by atoms with Crippen LogP contribution in [0.5, 0.6) is 0 Å². The highest BCUT2D eigenvalue weighted by Crippen LogP contribution is 2.48. The monoisotopic (exact) mass is 328 g/mol. The molecule has 1 N–H and O–H groups in total. The molecule has 0 bridgehead atoms. The smallest absolute Gasteiger partial charge is 0.274 e. The van der Waals surface area contributed by atoms with Gasteiger partial charge in [-0.25, -0.2) is 11.6 Å². The van der Waals surface area contributed by atoms with Gasteiger partial charge in [-0.1, -0.05) is 0 Å². The summed E-state index contributed by atoms with van der Waals surface area (Å²) in [6, 6.07) is 5.85. The maximum Gasteiger partial charge on any atom is 0.274 e. The molecule has 2 aromatic heterocycles. The standard InChI is InChI=1S/C15H13BrN4/c1-10-7-14(19-9-12(10)16)20-11-3-4-13(18-8-11)15(17-2)5-6-15/h3-4,7-9H,5-6H2,1H3,(H,19,20). The van der Waals surface area contributed by atoms with Gasteiger partial charge in [0.15, 0.2) is 0 Å². The summed E-state index contributed by atoms with van der Waals surface area (Å²) in [5.41, 5.74) is 2.53. The first kappa shape index (κ1) is 13.1. The van der Waals surface area contributed by atoms with E-state index in [2.05, 4.69) is 36.1 Å². The number of halogens is 1. The van der Waals surface area contributed by atoms with Gasteiger partial charge in [0.25, 0.3) is 5.54 Å². The van der Waals surface area contributed by atoms with E-state index in [0.717, 1.165) is 40.1 Å². The SMILES string of the molecule is [C-]#[N+]C1(c2ccc(Nc3cc(C)c(Br)cn3)cn2)CC1. The first-order valence-corrected chi connectivity index (χ1v) is 7.17. The highest BCUT2D eigenvalue weighted by atomic mass is 79.9. The lowest BCUT2D eigenvalue weighted by Crippen LogP contribution is -2.03. The predicted octanol–water partition coefficient (Wildman–Crippen LogP) is 4.20. The molecular formula is C15H13BrN4. The lowest BCUT2D eigenvalue weighted by molar-refractivity contribution is 0.833. The largest absolute Gasteiger partial charge is 0.339 e. The molecule has 0 amide bonds. The number of aryl methyl sites for hydroxylation is 1. The van der Waals surface area contributed by atoms with Crippen LogP contribution in [0.2, 0.25) is 0 Å². The lowest BCUT2D eigenvalue weighted by atomic mass is 10.1. The summed E-state index contributed by atoms with van der Waals surface area (Å²) >= 11 is 3.43. The number of aromatic nitrogens is 2. The Labute approximate surface area is 126 Å². The molecule has 2 aromatic rings. The molecule has 1 fully saturated rings. The van der Waals surface area contributed by atoms with Crippen molar-refractivity contribution in [2.75, 3.05) is 5.32 Å². The normalized spacial score (nSPS) is 15.4. The van der Waals surface area contributed by atoms with Crippen molar-refractivity contribution in [2.24, 2.45) is 0 Å². The molecule has 4 nitrogen and oxygen atoms in total. The minimum atomic E-state index is -0.342. The molecule has 0 aromatic carbocycles. The third kappa shape index (κ3) is 2.39. The second-order valence-corrected chi connectivity index (χ2v) is 5.87. The highest BCUT2D eigenvalue weighted by Gasteiger charge is 2.53. The van der Waals surface area contributed by atoms with Gasteiger partial charge in [0.05, 0.1) is 11.9 Å². The van der Waals surface area contributed by atoms with Gasteiger partial charge in [-0.3, -0.25) is 4.98 Å². The number of rotatable bonds is 3. The fourth-order valence-corrected chi connectivity index (χ4v) is 2.26. The molecule has 0 unspecified atom stereocenters. The number of nitrogens with one attached hydrogen (secondary N) is 1. The lowest BCUT2D eigenvalue weighted by Gasteiger charge is -2.08. The topological polar surface area (TPSA) is 42.2 Å². The van der Waals surface area contributed by atoms with E-state index in [1.54, 1.807) is 12.4 Å². The Kier molecular flexibility index (Phi) is 3.19. The van der Waals surface area contributed by atoms with Crippen LogP contribution < -0.4 is 5.32 Å². The maximum absolute atomic E-state index is 7.24. The third-order valence-corrected chi connectivity index (χ3v) is 4.33. The van der Waals surface area contributed by atoms with Crippen molar-refractivity contribution in [1.82, 2.24) is 9.97 Å². The molecule has 5 heteroatoms. The van der Waals surface area contributed by atoms with E-state index in [1.807, 2.05) is 25.1 Å². The van der Waals surface area contributed by atoms with Crippen LogP contribution in [0.3, 0.4) is 0 Å². The van der Waals surface area contributed by atoms with Gasteiger partial charge in [-0.05, 0) is 46.6 Å². The first-order chi connectivity index (χ1) is 9.63. The highest BCUT2D eigenvalue weighted by molar-refractivity contribution is 9.10. The van der Waals surface area contributed by atoms with Crippen LogP contribution in [-0.4, -0.2) is 9.97 Å². The fraction of sp³-hybridized carbons (Fsp3) is 0.267. The average molecular weight is 329 g/mol. The summed E-state index contributed by atoms with van der Waals surface area (Å²) in [6.07, 6.45) is 5.38. The van der Waals surface area contributed by atoms with Crippen LogP contribution in [0, 0.1) is 13.5 Å². The van der Waals surface area contributed by atoms with Gasteiger partial charge in [-0.15, -0.1) is 0 Å². The number of pyridine rings is 2. The van der Waals surface area contributed by atoms with Crippen molar-refractivity contribution in [1.29, 1.82) is 0 Å². The van der Waals surface area contributed by atoms with E-state index in [0.29, 0.717) is 0 Å². The van der Waals surface area contributed by atoms with E-state index in [9.17, 15) is 0 Å². The van der Waals surface area contributed by atoms with Crippen LogP contribution in [0.1, 0.15) is 24.1 Å². The zero-order valence-electron chi connectivity index (χ0n) is 11.0. The van der Waals surface area contributed by atoms with Crippen LogP contribution in [0.25, 0.3) is 4.85 Å². The summed E-state index contributed by atoms with van der Waals surface area (Å²) in [6.45, 7) is 9.26. The van der Waals surface area contributed by atoms with E-state index < -0.39 is 0 Å². The zero-order chi connectivity index (χ0) is 14.2. The van der Waals surface area contributed by atoms with Gasteiger partial charge in [0, 0.05) is 23.5 Å². The van der Waals surface area contributed by atoms with Crippen LogP contribution in [0.4, 0.5) is 11.5 Å². The quantitative estimate of drug-likeness (QED) is 0.858. The van der Waals surface area contributed by atoms with Crippen molar-refractivity contribution < 1.29 is 0 Å². The van der Waals surface area contributed by atoms with E-state index in [4.69, 9.17) is 6.57 Å². The molecule has 2 heterocycles. The second kappa shape index (κ2) is 4.88. The summed E-state index contributed by atoms with van der Waals surface area (Å²) < 4.78 is 0.990. The first-order valence-electron chi connectivity index (χ1n) is 6.37. The van der Waals surface area contributed by atoms with Crippen molar-refractivity contribution in [3.05, 3.63) is 57.7 Å². The van der Waals surface area contributed by atoms with E-state index >= 15 is 0 Å². The van der Waals surface area contributed by atoms with Gasteiger partial charge < -0.3 is 10.2 Å². The molecule has 1 aliphatic rings. The van der Waals surface area contributed by atoms with Gasteiger partial charge in [-0.2, -0.15) is 0 Å². The number of nitrogens with zero attached hydrogens (tertiary/aromatic N) is 3. The van der Waals surface area contributed by atoms with Crippen LogP contribution >= 0.6 is 15.9 Å². The Morgan fingerprint density at radius 3 is 2.65 bits per heavy atom. The summed E-state index contributed by atoms with van der Waals surface area (Å²) in [5, 5.41) is 3.22. The molecular weight excluding hydrogens is 316 g/mol. The van der Waals surface area contributed by atoms with Crippen molar-refractivity contribution in [2.45, 2.75) is 25.3 Å². The molecule has 0 spiro atoms. The predicted molar refractivity (Wildman–Crippen MR) is 81.7 cm³/mol. The van der Waals surface area contributed by atoms with E-state index in [-0.39, 0.29) is 5.54 Å². The molecule has 1 aliphatic carbocycles. The van der Waals surface area contributed by atoms with Gasteiger partial charge in [0.1, 0.15) is 11.5 Å². The van der Waals surface area contributed by atoms with Crippen molar-refractivity contribution in [3.63, 3.8) is 0 Å². The number of anilines is 2. The number of hydrogen-bond donors (Lipinski definition) is 1. The van der Waals surface area contributed by atoms with Gasteiger partial charge >= 0.3 is 0 Å². The Hall–Kier alpha value is -1.93. The number of hydrogen-bond acceptors (Lipinski definition) is 3. The Bertz CT molecular complexity index is 684. The Balaban J connectivity index is 1.78. The third-order valence-electron chi connectivity index (χ3n) is 3.50. The van der Waals surface area contributed by atoms with E-state index in [1.165, 1.54) is 0 Å². The van der Waals surface area contributed by atoms with Gasteiger partial charge in [0.2, 0.25) is 0 Å². The average Bonchev–Trinajstić information content (AvgIpc) is 3.25. The minimum absolute atomic E-state index is 0.342. The summed E-state index contributed by atoms with van der Waals surface area (Å²) in [7, 11) is 0. The van der Waals surface area contributed by atoms with Crippen LogP contribution in [0.15, 0.2) is 35.1 Å². The molecule has 20 heavy (non-hydrogen) atoms. The molecule has 0 aliphatic heterocycles. The molecule has 0 radical (unpaired) electrons. The molecule has 0 atom stereocenters. The van der Waals surface area contributed by atoms with Crippen molar-refractivity contribution in [3.8, 4) is 0 Å².